The molecule has 1 spiro atoms. The highest BCUT2D eigenvalue weighted by molar-refractivity contribution is 5.33. The molecule has 4 nitrogen and oxygen atoms in total. The molecule has 4 fully saturated rings. The van der Waals surface area contributed by atoms with Gasteiger partial charge in [0, 0.05) is 0 Å². The van der Waals surface area contributed by atoms with E-state index >= 15 is 0 Å². The molecule has 3 N–H and O–H groups in total. The molecule has 0 aromatic rings. The Morgan fingerprint density at radius 2 is 1.79 bits per heavy atom. The number of hydrogen-bond acceptors (Lipinski definition) is 4. The Bertz CT molecular complexity index is 449. The van der Waals surface area contributed by atoms with E-state index in [1.165, 1.54) is 0 Å². The Hall–Kier alpha value is -0.160. The third-order valence-corrected chi connectivity index (χ3v) is 6.99. The van der Waals surface area contributed by atoms with Crippen molar-refractivity contribution in [3.05, 3.63) is 0 Å². The lowest BCUT2D eigenvalue weighted by atomic mass is 9.60. The maximum absolute atomic E-state index is 11.0. The van der Waals surface area contributed by atoms with Gasteiger partial charge in [0.1, 0.15) is 5.60 Å². The van der Waals surface area contributed by atoms with Crippen molar-refractivity contribution in [1.29, 1.82) is 0 Å². The molecule has 0 radical (unpaired) electrons. The number of ether oxygens (including phenoxy) is 1. The zero-order chi connectivity index (χ0) is 13.8. The van der Waals surface area contributed by atoms with Crippen molar-refractivity contribution >= 4 is 0 Å². The molecule has 108 valence electrons. The van der Waals surface area contributed by atoms with Crippen molar-refractivity contribution in [2.45, 2.75) is 58.0 Å². The van der Waals surface area contributed by atoms with Crippen LogP contribution in [-0.2, 0) is 4.74 Å². The van der Waals surface area contributed by atoms with Crippen LogP contribution in [0.25, 0.3) is 0 Å². The van der Waals surface area contributed by atoms with Crippen LogP contribution in [0.1, 0.15) is 40.0 Å². The standard InChI is InChI=1S/C15H24O4/c1-12(2)4-8-9(5-12)13(3)6-14(13)11(17)19-7-15(14,18)10(8)16/h8-11,16-18H,4-7H2,1-3H3/t8-,9+,10+,11+,13-,14+,15+/m1/s1. The van der Waals surface area contributed by atoms with Crippen molar-refractivity contribution < 1.29 is 20.1 Å². The average Bonchev–Trinajstić information content (AvgIpc) is 2.73. The smallest absolute Gasteiger partial charge is 0.163 e. The Kier molecular flexibility index (Phi) is 2.01. The molecular formula is C15H24O4. The average molecular weight is 268 g/mol. The van der Waals surface area contributed by atoms with Gasteiger partial charge in [-0.1, -0.05) is 20.8 Å². The Morgan fingerprint density at radius 3 is 2.47 bits per heavy atom. The summed E-state index contributed by atoms with van der Waals surface area (Å²) in [5.74, 6) is 0.517. The Labute approximate surface area is 113 Å². The number of aliphatic hydroxyl groups is 3. The largest absolute Gasteiger partial charge is 0.390 e. The van der Waals surface area contributed by atoms with Gasteiger partial charge in [0.15, 0.2) is 6.29 Å². The Balaban J connectivity index is 1.83. The quantitative estimate of drug-likeness (QED) is 0.610. The van der Waals surface area contributed by atoms with Gasteiger partial charge in [-0.2, -0.15) is 0 Å². The molecule has 4 heteroatoms. The zero-order valence-electron chi connectivity index (χ0n) is 11.9. The lowest BCUT2D eigenvalue weighted by molar-refractivity contribution is -0.188. The van der Waals surface area contributed by atoms with E-state index in [1.807, 2.05) is 0 Å². The van der Waals surface area contributed by atoms with Crippen LogP contribution in [0.3, 0.4) is 0 Å². The summed E-state index contributed by atoms with van der Waals surface area (Å²) in [4.78, 5) is 0. The maximum Gasteiger partial charge on any atom is 0.163 e. The molecule has 4 aliphatic rings. The van der Waals surface area contributed by atoms with E-state index in [9.17, 15) is 15.3 Å². The van der Waals surface area contributed by atoms with E-state index in [1.54, 1.807) is 0 Å². The van der Waals surface area contributed by atoms with Gasteiger partial charge in [-0.25, -0.2) is 0 Å². The van der Waals surface area contributed by atoms with Crippen LogP contribution in [0.15, 0.2) is 0 Å². The minimum atomic E-state index is -1.26. The predicted molar refractivity (Wildman–Crippen MR) is 68.1 cm³/mol. The van der Waals surface area contributed by atoms with Gasteiger partial charge in [-0.15, -0.1) is 0 Å². The summed E-state index contributed by atoms with van der Waals surface area (Å²) in [6, 6.07) is 0. The van der Waals surface area contributed by atoms with Crippen LogP contribution in [0.5, 0.6) is 0 Å². The molecule has 3 aliphatic carbocycles. The predicted octanol–water partition coefficient (Wildman–Crippen LogP) is 0.889. The van der Waals surface area contributed by atoms with E-state index in [0.29, 0.717) is 5.92 Å². The minimum absolute atomic E-state index is 0.0641. The summed E-state index contributed by atoms with van der Waals surface area (Å²) in [5.41, 5.74) is -1.77. The first-order valence-corrected chi connectivity index (χ1v) is 7.38. The molecule has 0 bridgehead atoms. The molecule has 3 saturated carbocycles. The third kappa shape index (κ3) is 1.10. The molecule has 1 heterocycles. The van der Waals surface area contributed by atoms with E-state index in [0.717, 1.165) is 19.3 Å². The molecule has 1 saturated heterocycles. The van der Waals surface area contributed by atoms with Crippen LogP contribution in [0.4, 0.5) is 0 Å². The molecule has 7 atom stereocenters. The fourth-order valence-electron chi connectivity index (χ4n) is 6.05. The van der Waals surface area contributed by atoms with Crippen LogP contribution in [0.2, 0.25) is 0 Å². The molecule has 1 aliphatic heterocycles. The van der Waals surface area contributed by atoms with Gasteiger partial charge in [-0.05, 0) is 41.9 Å². The van der Waals surface area contributed by atoms with E-state index in [4.69, 9.17) is 4.74 Å². The normalized spacial score (nSPS) is 65.4. The van der Waals surface area contributed by atoms with E-state index < -0.39 is 23.4 Å². The summed E-state index contributed by atoms with van der Waals surface area (Å²) in [6.45, 7) is 6.71. The summed E-state index contributed by atoms with van der Waals surface area (Å²) in [7, 11) is 0. The second kappa shape index (κ2) is 3.03. The van der Waals surface area contributed by atoms with E-state index in [-0.39, 0.29) is 23.4 Å². The maximum atomic E-state index is 11.0. The first-order valence-electron chi connectivity index (χ1n) is 7.38. The number of fused-ring (bicyclic) bond motifs is 2. The molecule has 4 rings (SSSR count). The Morgan fingerprint density at radius 1 is 1.11 bits per heavy atom. The summed E-state index contributed by atoms with van der Waals surface area (Å²) in [5, 5.41) is 32.0. The third-order valence-electron chi connectivity index (χ3n) is 6.99. The molecular weight excluding hydrogens is 244 g/mol. The van der Waals surface area contributed by atoms with Gasteiger partial charge in [-0.3, -0.25) is 0 Å². The fraction of sp³-hybridized carbons (Fsp3) is 1.00. The van der Waals surface area contributed by atoms with Crippen molar-refractivity contribution in [2.24, 2.45) is 28.1 Å². The number of rotatable bonds is 0. The van der Waals surface area contributed by atoms with E-state index in [2.05, 4.69) is 20.8 Å². The number of hydrogen-bond donors (Lipinski definition) is 3. The van der Waals surface area contributed by atoms with Crippen LogP contribution in [0, 0.1) is 28.1 Å². The van der Waals surface area contributed by atoms with Crippen molar-refractivity contribution in [3.63, 3.8) is 0 Å². The minimum Gasteiger partial charge on any atom is -0.390 e. The lowest BCUT2D eigenvalue weighted by Gasteiger charge is -2.48. The first-order chi connectivity index (χ1) is 8.68. The SMILES string of the molecule is CC1(C)C[C@@H]2[C@H](C1)[C@@]1(C)C[C@]13[C@@H](O)OC[C@]3(O)[C@H]2O. The van der Waals surface area contributed by atoms with Crippen molar-refractivity contribution in [1.82, 2.24) is 0 Å². The molecule has 0 amide bonds. The highest BCUT2D eigenvalue weighted by Gasteiger charge is 2.87. The first kappa shape index (κ1) is 12.6. The van der Waals surface area contributed by atoms with Crippen molar-refractivity contribution in [2.75, 3.05) is 6.61 Å². The lowest BCUT2D eigenvalue weighted by Crippen LogP contribution is -2.61. The van der Waals surface area contributed by atoms with Crippen LogP contribution in [-0.4, -0.2) is 39.9 Å². The highest BCUT2D eigenvalue weighted by Crippen LogP contribution is 2.83. The highest BCUT2D eigenvalue weighted by atomic mass is 16.6. The summed E-state index contributed by atoms with van der Waals surface area (Å²) < 4.78 is 5.35. The van der Waals surface area contributed by atoms with Gasteiger partial charge in [0.2, 0.25) is 0 Å². The monoisotopic (exact) mass is 268 g/mol. The summed E-state index contributed by atoms with van der Waals surface area (Å²) >= 11 is 0. The van der Waals surface area contributed by atoms with Crippen LogP contribution >= 0.6 is 0 Å². The molecule has 0 unspecified atom stereocenters. The summed E-state index contributed by atoms with van der Waals surface area (Å²) in [6.07, 6.45) is 1.08. The molecule has 19 heavy (non-hydrogen) atoms. The zero-order valence-corrected chi connectivity index (χ0v) is 11.9. The fourth-order valence-corrected chi connectivity index (χ4v) is 6.05. The topological polar surface area (TPSA) is 69.9 Å². The molecule has 0 aromatic heterocycles. The molecule has 0 aromatic carbocycles. The van der Waals surface area contributed by atoms with Crippen LogP contribution < -0.4 is 0 Å². The number of aliphatic hydroxyl groups excluding tert-OH is 2. The van der Waals surface area contributed by atoms with Crippen molar-refractivity contribution in [3.8, 4) is 0 Å². The van der Waals surface area contributed by atoms with Gasteiger partial charge < -0.3 is 20.1 Å². The second-order valence-electron chi connectivity index (χ2n) is 8.44. The second-order valence-corrected chi connectivity index (χ2v) is 8.44. The van der Waals surface area contributed by atoms with Gasteiger partial charge in [0.05, 0.1) is 18.1 Å². The van der Waals surface area contributed by atoms with Gasteiger partial charge in [0.25, 0.3) is 0 Å². The van der Waals surface area contributed by atoms with Gasteiger partial charge >= 0.3 is 0 Å².